The lowest BCUT2D eigenvalue weighted by Crippen LogP contribution is -2.05. The fourth-order valence-corrected chi connectivity index (χ4v) is 2.43. The van der Waals surface area contributed by atoms with Gasteiger partial charge in [-0.15, -0.1) is 0 Å². The first kappa shape index (κ1) is 15.5. The van der Waals surface area contributed by atoms with Gasteiger partial charge in [0, 0.05) is 12.1 Å². The van der Waals surface area contributed by atoms with Crippen LogP contribution in [0.2, 0.25) is 0 Å². The zero-order valence-electron chi connectivity index (χ0n) is 11.5. The minimum atomic E-state index is -0.378. The molecule has 0 heterocycles. The molecule has 5 heteroatoms. The van der Waals surface area contributed by atoms with Gasteiger partial charge in [-0.1, -0.05) is 6.07 Å². The molecule has 2 aromatic carbocycles. The second-order valence-corrected chi connectivity index (χ2v) is 5.36. The first-order valence-corrected chi connectivity index (χ1v) is 7.17. The van der Waals surface area contributed by atoms with E-state index in [1.165, 1.54) is 18.2 Å². The fourth-order valence-electron chi connectivity index (χ4n) is 1.89. The van der Waals surface area contributed by atoms with E-state index in [0.717, 1.165) is 16.6 Å². The Morgan fingerprint density at radius 2 is 2.10 bits per heavy atom. The number of hydrogen-bond donors (Lipinski definition) is 1. The highest BCUT2D eigenvalue weighted by Gasteiger charge is 2.07. The lowest BCUT2D eigenvalue weighted by atomic mass is 10.1. The summed E-state index contributed by atoms with van der Waals surface area (Å²) in [6, 6.07) is 11.9. The molecule has 0 aliphatic rings. The molecule has 0 fully saturated rings. The van der Waals surface area contributed by atoms with Crippen LogP contribution >= 0.6 is 15.9 Å². The number of ether oxygens (including phenoxy) is 1. The lowest BCUT2D eigenvalue weighted by Gasteiger charge is -2.10. The topological polar surface area (TPSA) is 45.0 Å². The Labute approximate surface area is 131 Å². The molecule has 1 N–H and O–H groups in total. The van der Waals surface area contributed by atoms with Crippen LogP contribution in [0.25, 0.3) is 0 Å². The summed E-state index contributed by atoms with van der Waals surface area (Å²) in [5, 5.41) is 11.9. The number of benzene rings is 2. The summed E-state index contributed by atoms with van der Waals surface area (Å²) in [6.07, 6.45) is 0. The van der Waals surface area contributed by atoms with Gasteiger partial charge < -0.3 is 10.1 Å². The molecule has 0 atom stereocenters. The molecule has 0 spiro atoms. The van der Waals surface area contributed by atoms with Crippen LogP contribution in [0.3, 0.4) is 0 Å². The van der Waals surface area contributed by atoms with Gasteiger partial charge in [-0.05, 0) is 58.9 Å². The van der Waals surface area contributed by atoms with Crippen LogP contribution in [0, 0.1) is 17.1 Å². The average molecular weight is 349 g/mol. The Morgan fingerprint density at radius 3 is 2.76 bits per heavy atom. The minimum absolute atomic E-state index is 0.0747. The molecule has 108 valence electrons. The normalized spacial score (nSPS) is 10.2. The Hall–Kier alpha value is -1.90. The van der Waals surface area contributed by atoms with Gasteiger partial charge in [0.1, 0.15) is 18.2 Å². The van der Waals surface area contributed by atoms with Gasteiger partial charge in [0.2, 0.25) is 0 Å². The first-order valence-electron chi connectivity index (χ1n) is 6.38. The standard InChI is InChI=1S/C16H14BrFN2O/c1-20-9-12-3-5-16(14(17)7-12)21-10-13-6-11(8-19)2-4-15(13)18/h2-7,20H,9-10H2,1H3. The van der Waals surface area contributed by atoms with Gasteiger partial charge in [0.25, 0.3) is 0 Å². The molecule has 0 radical (unpaired) electrons. The van der Waals surface area contributed by atoms with Crippen molar-refractivity contribution in [2.24, 2.45) is 0 Å². The van der Waals surface area contributed by atoms with Gasteiger partial charge in [0.15, 0.2) is 0 Å². The van der Waals surface area contributed by atoms with E-state index in [2.05, 4.69) is 21.2 Å². The highest BCUT2D eigenvalue weighted by Crippen LogP contribution is 2.27. The van der Waals surface area contributed by atoms with Crippen molar-refractivity contribution in [2.45, 2.75) is 13.2 Å². The number of nitriles is 1. The number of halogens is 2. The predicted molar refractivity (Wildman–Crippen MR) is 82.4 cm³/mol. The van der Waals surface area contributed by atoms with Gasteiger partial charge in [-0.3, -0.25) is 0 Å². The second kappa shape index (κ2) is 7.21. The van der Waals surface area contributed by atoms with Crippen LogP contribution in [-0.2, 0) is 13.2 Å². The molecule has 0 aromatic heterocycles. The quantitative estimate of drug-likeness (QED) is 0.894. The Kier molecular flexibility index (Phi) is 5.32. The van der Waals surface area contributed by atoms with Gasteiger partial charge in [0.05, 0.1) is 16.1 Å². The molecule has 21 heavy (non-hydrogen) atoms. The van der Waals surface area contributed by atoms with Crippen molar-refractivity contribution >= 4 is 15.9 Å². The summed E-state index contributed by atoms with van der Waals surface area (Å²) >= 11 is 3.44. The van der Waals surface area contributed by atoms with Crippen molar-refractivity contribution < 1.29 is 9.13 Å². The molecular formula is C16H14BrFN2O. The van der Waals surface area contributed by atoms with Crippen molar-refractivity contribution in [3.8, 4) is 11.8 Å². The fraction of sp³-hybridized carbons (Fsp3) is 0.188. The largest absolute Gasteiger partial charge is 0.488 e. The van der Waals surface area contributed by atoms with Gasteiger partial charge in [-0.2, -0.15) is 5.26 Å². The predicted octanol–water partition coefficient (Wildman–Crippen LogP) is 3.76. The van der Waals surface area contributed by atoms with Crippen molar-refractivity contribution in [3.63, 3.8) is 0 Å². The third kappa shape index (κ3) is 4.03. The summed E-state index contributed by atoms with van der Waals surface area (Å²) in [6.45, 7) is 0.836. The monoisotopic (exact) mass is 348 g/mol. The summed E-state index contributed by atoms with van der Waals surface area (Å²) in [4.78, 5) is 0. The van der Waals surface area contributed by atoms with Crippen molar-refractivity contribution in [1.82, 2.24) is 5.32 Å². The van der Waals surface area contributed by atoms with Crippen molar-refractivity contribution in [2.75, 3.05) is 7.05 Å². The lowest BCUT2D eigenvalue weighted by molar-refractivity contribution is 0.298. The third-order valence-corrected chi connectivity index (χ3v) is 3.55. The Bertz CT molecular complexity index is 682. The minimum Gasteiger partial charge on any atom is -0.488 e. The highest BCUT2D eigenvalue weighted by molar-refractivity contribution is 9.10. The zero-order valence-corrected chi connectivity index (χ0v) is 13.1. The molecular weight excluding hydrogens is 335 g/mol. The maximum Gasteiger partial charge on any atom is 0.134 e. The smallest absolute Gasteiger partial charge is 0.134 e. The van der Waals surface area contributed by atoms with Gasteiger partial charge >= 0.3 is 0 Å². The zero-order chi connectivity index (χ0) is 15.2. The van der Waals surface area contributed by atoms with E-state index in [1.807, 2.05) is 31.3 Å². The maximum atomic E-state index is 13.7. The molecule has 0 aliphatic heterocycles. The van der Waals surface area contributed by atoms with Crippen molar-refractivity contribution in [3.05, 3.63) is 63.4 Å². The van der Waals surface area contributed by atoms with Crippen LogP contribution in [-0.4, -0.2) is 7.05 Å². The van der Waals surface area contributed by atoms with Crippen LogP contribution < -0.4 is 10.1 Å². The molecule has 0 bridgehead atoms. The summed E-state index contributed by atoms with van der Waals surface area (Å²) in [5.74, 6) is 0.258. The van der Waals surface area contributed by atoms with Crippen LogP contribution in [0.15, 0.2) is 40.9 Å². The Balaban J connectivity index is 2.11. The summed E-state index contributed by atoms with van der Waals surface area (Å²) < 4.78 is 20.1. The maximum absolute atomic E-state index is 13.7. The van der Waals surface area contributed by atoms with Crippen molar-refractivity contribution in [1.29, 1.82) is 5.26 Å². The van der Waals surface area contributed by atoms with E-state index >= 15 is 0 Å². The summed E-state index contributed by atoms with van der Waals surface area (Å²) in [7, 11) is 1.88. The molecule has 2 aromatic rings. The van der Waals surface area contributed by atoms with Gasteiger partial charge in [-0.25, -0.2) is 4.39 Å². The second-order valence-electron chi connectivity index (χ2n) is 4.50. The Morgan fingerprint density at radius 1 is 1.29 bits per heavy atom. The van der Waals surface area contributed by atoms with E-state index < -0.39 is 0 Å². The molecule has 0 saturated heterocycles. The number of hydrogen-bond acceptors (Lipinski definition) is 3. The summed E-state index contributed by atoms with van der Waals surface area (Å²) in [5.41, 5.74) is 1.90. The van der Waals surface area contributed by atoms with E-state index in [-0.39, 0.29) is 12.4 Å². The van der Waals surface area contributed by atoms with E-state index in [0.29, 0.717) is 16.9 Å². The van der Waals surface area contributed by atoms with E-state index in [4.69, 9.17) is 10.00 Å². The molecule has 2 rings (SSSR count). The molecule has 0 aliphatic carbocycles. The van der Waals surface area contributed by atoms with Crippen LogP contribution in [0.5, 0.6) is 5.75 Å². The number of rotatable bonds is 5. The molecule has 3 nitrogen and oxygen atoms in total. The number of nitrogens with zero attached hydrogens (tertiary/aromatic N) is 1. The first-order chi connectivity index (χ1) is 10.1. The van der Waals surface area contributed by atoms with Crippen LogP contribution in [0.1, 0.15) is 16.7 Å². The number of nitrogens with one attached hydrogen (secondary N) is 1. The highest BCUT2D eigenvalue weighted by atomic mass is 79.9. The SMILES string of the molecule is CNCc1ccc(OCc2cc(C#N)ccc2F)c(Br)c1. The van der Waals surface area contributed by atoms with E-state index in [9.17, 15) is 4.39 Å². The van der Waals surface area contributed by atoms with E-state index in [1.54, 1.807) is 0 Å². The molecule has 0 unspecified atom stereocenters. The third-order valence-electron chi connectivity index (χ3n) is 2.94. The van der Waals surface area contributed by atoms with Crippen LogP contribution in [0.4, 0.5) is 4.39 Å². The molecule has 0 amide bonds. The average Bonchev–Trinajstić information content (AvgIpc) is 2.48. The molecule has 0 saturated carbocycles.